The predicted molar refractivity (Wildman–Crippen MR) is 92.8 cm³/mol. The van der Waals surface area contributed by atoms with Crippen molar-refractivity contribution in [1.29, 1.82) is 0 Å². The smallest absolute Gasteiger partial charge is 0.252 e. The Morgan fingerprint density at radius 1 is 1.46 bits per heavy atom. The molecule has 0 spiro atoms. The molecule has 1 atom stereocenters. The predicted octanol–water partition coefficient (Wildman–Crippen LogP) is 2.28. The fourth-order valence-corrected chi connectivity index (χ4v) is 3.99. The molecule has 0 saturated carbocycles. The van der Waals surface area contributed by atoms with Crippen LogP contribution >= 0.6 is 11.6 Å². The van der Waals surface area contributed by atoms with Crippen LogP contribution in [-0.4, -0.2) is 51.0 Å². The second kappa shape index (κ2) is 7.82. The van der Waals surface area contributed by atoms with E-state index in [1.807, 2.05) is 0 Å². The SMILES string of the molecule is CC(C)N(C)S(=O)(=O)c1ccc(Cl)c(C(=O)NC[C@H]2CCCO2)c1. The van der Waals surface area contributed by atoms with E-state index in [1.54, 1.807) is 13.8 Å². The van der Waals surface area contributed by atoms with Crippen LogP contribution < -0.4 is 5.32 Å². The lowest BCUT2D eigenvalue weighted by Gasteiger charge is -2.21. The molecular weight excluding hydrogens is 352 g/mol. The number of carbonyl (C=O) groups is 1. The second-order valence-electron chi connectivity index (χ2n) is 6.10. The quantitative estimate of drug-likeness (QED) is 0.828. The Morgan fingerprint density at radius 3 is 2.75 bits per heavy atom. The van der Waals surface area contributed by atoms with E-state index in [4.69, 9.17) is 16.3 Å². The van der Waals surface area contributed by atoms with Gasteiger partial charge in [-0.25, -0.2) is 8.42 Å². The Hall–Kier alpha value is -1.15. The van der Waals surface area contributed by atoms with E-state index in [0.29, 0.717) is 13.2 Å². The molecule has 2 rings (SSSR count). The van der Waals surface area contributed by atoms with Crippen LogP contribution in [0.25, 0.3) is 0 Å². The molecule has 1 N–H and O–H groups in total. The molecular formula is C16H23ClN2O4S. The summed E-state index contributed by atoms with van der Waals surface area (Å²) in [6.45, 7) is 4.65. The van der Waals surface area contributed by atoms with Crippen molar-refractivity contribution < 1.29 is 17.9 Å². The summed E-state index contributed by atoms with van der Waals surface area (Å²) in [6, 6.07) is 3.97. The van der Waals surface area contributed by atoms with E-state index in [-0.39, 0.29) is 27.6 Å². The average molecular weight is 375 g/mol. The summed E-state index contributed by atoms with van der Waals surface area (Å²) >= 11 is 6.08. The molecule has 0 radical (unpaired) electrons. The van der Waals surface area contributed by atoms with Crippen LogP contribution in [0.2, 0.25) is 5.02 Å². The van der Waals surface area contributed by atoms with Crippen LogP contribution in [0.3, 0.4) is 0 Å². The molecule has 1 fully saturated rings. The van der Waals surface area contributed by atoms with Gasteiger partial charge < -0.3 is 10.1 Å². The molecule has 8 heteroatoms. The number of benzene rings is 1. The van der Waals surface area contributed by atoms with E-state index in [1.165, 1.54) is 29.6 Å². The monoisotopic (exact) mass is 374 g/mol. The highest BCUT2D eigenvalue weighted by Gasteiger charge is 2.25. The lowest BCUT2D eigenvalue weighted by molar-refractivity contribution is 0.0857. The zero-order valence-corrected chi connectivity index (χ0v) is 15.7. The number of ether oxygens (including phenoxy) is 1. The zero-order chi connectivity index (χ0) is 17.9. The van der Waals surface area contributed by atoms with Crippen molar-refractivity contribution in [1.82, 2.24) is 9.62 Å². The van der Waals surface area contributed by atoms with Crippen molar-refractivity contribution in [2.24, 2.45) is 0 Å². The number of amides is 1. The maximum atomic E-state index is 12.6. The number of carbonyl (C=O) groups excluding carboxylic acids is 1. The summed E-state index contributed by atoms with van der Waals surface area (Å²) in [4.78, 5) is 12.4. The van der Waals surface area contributed by atoms with Gasteiger partial charge in [-0.15, -0.1) is 0 Å². The van der Waals surface area contributed by atoms with Crippen molar-refractivity contribution >= 4 is 27.5 Å². The molecule has 0 bridgehead atoms. The van der Waals surface area contributed by atoms with E-state index < -0.39 is 15.9 Å². The van der Waals surface area contributed by atoms with Gasteiger partial charge in [0, 0.05) is 26.2 Å². The molecule has 1 heterocycles. The summed E-state index contributed by atoms with van der Waals surface area (Å²) in [7, 11) is -2.17. The average Bonchev–Trinajstić information content (AvgIpc) is 3.05. The molecule has 134 valence electrons. The summed E-state index contributed by atoms with van der Waals surface area (Å²) in [5.41, 5.74) is 0.146. The third-order valence-electron chi connectivity index (χ3n) is 4.10. The Labute approximate surface area is 148 Å². The number of nitrogens with zero attached hydrogens (tertiary/aromatic N) is 1. The molecule has 24 heavy (non-hydrogen) atoms. The zero-order valence-electron chi connectivity index (χ0n) is 14.1. The van der Waals surface area contributed by atoms with Crippen LogP contribution in [0.1, 0.15) is 37.0 Å². The van der Waals surface area contributed by atoms with E-state index >= 15 is 0 Å². The Kier molecular flexibility index (Phi) is 6.25. The standard InChI is InChI=1S/C16H23ClN2O4S/c1-11(2)19(3)24(21,22)13-6-7-15(17)14(9-13)16(20)18-10-12-5-4-8-23-12/h6-7,9,11-12H,4-5,8,10H2,1-3H3,(H,18,20)/t12-/m1/s1. The molecule has 1 aromatic rings. The van der Waals surface area contributed by atoms with Crippen LogP contribution in [0.15, 0.2) is 23.1 Å². The van der Waals surface area contributed by atoms with Crippen LogP contribution in [0.4, 0.5) is 0 Å². The second-order valence-corrected chi connectivity index (χ2v) is 8.51. The number of nitrogens with one attached hydrogen (secondary N) is 1. The highest BCUT2D eigenvalue weighted by atomic mass is 35.5. The third kappa shape index (κ3) is 4.27. The van der Waals surface area contributed by atoms with Gasteiger partial charge >= 0.3 is 0 Å². The third-order valence-corrected chi connectivity index (χ3v) is 6.46. The molecule has 6 nitrogen and oxygen atoms in total. The van der Waals surface area contributed by atoms with Crippen molar-refractivity contribution in [2.45, 2.75) is 43.7 Å². The first-order valence-corrected chi connectivity index (χ1v) is 9.72. The van der Waals surface area contributed by atoms with Crippen molar-refractivity contribution in [2.75, 3.05) is 20.2 Å². The van der Waals surface area contributed by atoms with Crippen LogP contribution in [0, 0.1) is 0 Å². The lowest BCUT2D eigenvalue weighted by atomic mass is 10.2. The largest absolute Gasteiger partial charge is 0.376 e. The van der Waals surface area contributed by atoms with Crippen LogP contribution in [0.5, 0.6) is 0 Å². The van der Waals surface area contributed by atoms with Crippen molar-refractivity contribution in [3.05, 3.63) is 28.8 Å². The van der Waals surface area contributed by atoms with Gasteiger partial charge in [-0.05, 0) is 44.9 Å². The highest BCUT2D eigenvalue weighted by Crippen LogP contribution is 2.23. The van der Waals surface area contributed by atoms with Crippen LogP contribution in [-0.2, 0) is 14.8 Å². The van der Waals surface area contributed by atoms with Gasteiger partial charge in [0.25, 0.3) is 5.91 Å². The van der Waals surface area contributed by atoms with Crippen molar-refractivity contribution in [3.63, 3.8) is 0 Å². The van der Waals surface area contributed by atoms with E-state index in [9.17, 15) is 13.2 Å². The summed E-state index contributed by atoms with van der Waals surface area (Å²) < 4.78 is 31.8. The first kappa shape index (κ1) is 19.2. The number of rotatable bonds is 6. The molecule has 1 aliphatic rings. The van der Waals surface area contributed by atoms with Crippen molar-refractivity contribution in [3.8, 4) is 0 Å². The fraction of sp³-hybridized carbons (Fsp3) is 0.562. The van der Waals surface area contributed by atoms with Gasteiger partial charge in [0.2, 0.25) is 10.0 Å². The normalized spacial score (nSPS) is 18.3. The molecule has 1 amide bonds. The Morgan fingerprint density at radius 2 is 2.17 bits per heavy atom. The molecule has 0 unspecified atom stereocenters. The summed E-state index contributed by atoms with van der Waals surface area (Å²) in [6.07, 6.45) is 1.89. The molecule has 0 aliphatic carbocycles. The first-order valence-electron chi connectivity index (χ1n) is 7.91. The fourth-order valence-electron chi connectivity index (χ4n) is 2.39. The maximum Gasteiger partial charge on any atom is 0.252 e. The number of halogens is 1. The van der Waals surface area contributed by atoms with E-state index in [2.05, 4.69) is 5.32 Å². The molecule has 1 aliphatic heterocycles. The summed E-state index contributed by atoms with van der Waals surface area (Å²) in [5, 5.41) is 2.97. The minimum absolute atomic E-state index is 0.00622. The molecule has 1 saturated heterocycles. The topological polar surface area (TPSA) is 75.7 Å². The highest BCUT2D eigenvalue weighted by molar-refractivity contribution is 7.89. The summed E-state index contributed by atoms with van der Waals surface area (Å²) in [5.74, 6) is -0.403. The van der Waals surface area contributed by atoms with Gasteiger partial charge in [-0.1, -0.05) is 11.6 Å². The number of hydrogen-bond donors (Lipinski definition) is 1. The first-order chi connectivity index (χ1) is 11.2. The number of hydrogen-bond acceptors (Lipinski definition) is 4. The van der Waals surface area contributed by atoms with Gasteiger partial charge in [0.1, 0.15) is 0 Å². The molecule has 0 aromatic heterocycles. The Balaban J connectivity index is 2.20. The van der Waals surface area contributed by atoms with Gasteiger partial charge in [0.15, 0.2) is 0 Å². The minimum Gasteiger partial charge on any atom is -0.376 e. The Bertz CT molecular complexity index is 700. The van der Waals surface area contributed by atoms with Gasteiger partial charge in [-0.2, -0.15) is 4.31 Å². The van der Waals surface area contributed by atoms with Gasteiger partial charge in [-0.3, -0.25) is 4.79 Å². The lowest BCUT2D eigenvalue weighted by Crippen LogP contribution is -2.34. The maximum absolute atomic E-state index is 12.6. The minimum atomic E-state index is -3.67. The molecule has 1 aromatic carbocycles. The van der Waals surface area contributed by atoms with Gasteiger partial charge in [0.05, 0.1) is 21.6 Å². The number of sulfonamides is 1. The van der Waals surface area contributed by atoms with E-state index in [0.717, 1.165) is 12.8 Å².